The summed E-state index contributed by atoms with van der Waals surface area (Å²) in [5.74, 6) is 0. The van der Waals surface area contributed by atoms with Crippen molar-refractivity contribution in [1.82, 2.24) is 4.90 Å². The number of unbranched alkanes of at least 4 members (excludes halogenated alkanes) is 5. The molecule has 0 aromatic heterocycles. The Kier molecular flexibility index (Phi) is 13.1. The third-order valence-electron chi connectivity index (χ3n) is 3.11. The third kappa shape index (κ3) is 12.3. The van der Waals surface area contributed by atoms with E-state index in [-0.39, 0.29) is 0 Å². The molecule has 18 heavy (non-hydrogen) atoms. The molecule has 108 valence electrons. The van der Waals surface area contributed by atoms with Crippen molar-refractivity contribution in [1.29, 1.82) is 0 Å². The molecule has 0 aromatic carbocycles. The van der Waals surface area contributed by atoms with Crippen LogP contribution in [0.5, 0.6) is 0 Å². The van der Waals surface area contributed by atoms with Gasteiger partial charge in [0.05, 0.1) is 11.6 Å². The van der Waals surface area contributed by atoms with E-state index in [1.807, 2.05) is 0 Å². The van der Waals surface area contributed by atoms with Crippen LogP contribution in [0.2, 0.25) is 0 Å². The molecule has 0 spiro atoms. The zero-order valence-corrected chi connectivity index (χ0v) is 12.9. The van der Waals surface area contributed by atoms with Crippen molar-refractivity contribution in [3.05, 3.63) is 0 Å². The molecular weight excluding hydrogens is 244 g/mol. The number of ether oxygens (including phenoxy) is 1. The Morgan fingerprint density at radius 2 is 1.72 bits per heavy atom. The Bertz CT molecular complexity index is 200. The predicted octanol–water partition coefficient (Wildman–Crippen LogP) is 2.97. The maximum atomic E-state index is 5.55. The number of hydrogen-bond acceptors (Lipinski definition) is 3. The van der Waals surface area contributed by atoms with Gasteiger partial charge in [-0.2, -0.15) is 0 Å². The second-order valence-corrected chi connectivity index (χ2v) is 5.34. The zero-order valence-electron chi connectivity index (χ0n) is 12.1. The average molecular weight is 274 g/mol. The quantitative estimate of drug-likeness (QED) is 0.414. The van der Waals surface area contributed by atoms with Crippen molar-refractivity contribution in [2.24, 2.45) is 5.73 Å². The smallest absolute Gasteiger partial charge is 0.0740 e. The molecule has 0 unspecified atom stereocenters. The summed E-state index contributed by atoms with van der Waals surface area (Å²) in [5.41, 5.74) is 5.55. The summed E-state index contributed by atoms with van der Waals surface area (Å²) in [4.78, 5) is 3.02. The molecule has 0 heterocycles. The summed E-state index contributed by atoms with van der Waals surface area (Å²) in [5, 5.41) is 0. The lowest BCUT2D eigenvalue weighted by molar-refractivity contribution is 0.148. The highest BCUT2D eigenvalue weighted by Gasteiger charge is 2.04. The third-order valence-corrected chi connectivity index (χ3v) is 3.32. The molecule has 0 saturated heterocycles. The summed E-state index contributed by atoms with van der Waals surface area (Å²) in [6.07, 6.45) is 8.83. The zero-order chi connectivity index (χ0) is 13.6. The largest absolute Gasteiger partial charge is 0.393 e. The molecule has 4 heteroatoms. The van der Waals surface area contributed by atoms with Gasteiger partial charge in [0.15, 0.2) is 0 Å². The summed E-state index contributed by atoms with van der Waals surface area (Å²) < 4.78 is 5.13. The highest BCUT2D eigenvalue weighted by molar-refractivity contribution is 7.80. The van der Waals surface area contributed by atoms with Crippen LogP contribution in [0, 0.1) is 0 Å². The lowest BCUT2D eigenvalue weighted by atomic mass is 10.1. The number of rotatable bonds is 13. The van der Waals surface area contributed by atoms with Crippen LogP contribution in [0.25, 0.3) is 0 Å². The van der Waals surface area contributed by atoms with Crippen LogP contribution in [-0.2, 0) is 4.74 Å². The molecule has 0 aliphatic rings. The molecule has 0 fully saturated rings. The first-order valence-corrected chi connectivity index (χ1v) is 7.61. The van der Waals surface area contributed by atoms with Gasteiger partial charge in [-0.25, -0.2) is 0 Å². The van der Waals surface area contributed by atoms with Gasteiger partial charge in [0.1, 0.15) is 0 Å². The minimum Gasteiger partial charge on any atom is -0.393 e. The van der Waals surface area contributed by atoms with E-state index in [1.165, 1.54) is 38.5 Å². The SMILES string of the molecule is CCCCCCCCN(CCOC)CCC(N)=S. The monoisotopic (exact) mass is 274 g/mol. The molecule has 0 amide bonds. The molecule has 0 aromatic rings. The highest BCUT2D eigenvalue weighted by Crippen LogP contribution is 2.06. The first-order valence-electron chi connectivity index (χ1n) is 7.20. The van der Waals surface area contributed by atoms with Crippen LogP contribution in [0.4, 0.5) is 0 Å². The lowest BCUT2D eigenvalue weighted by Crippen LogP contribution is -2.31. The van der Waals surface area contributed by atoms with Crippen molar-refractivity contribution >= 4 is 17.2 Å². The van der Waals surface area contributed by atoms with Crippen LogP contribution in [0.15, 0.2) is 0 Å². The number of nitrogens with zero attached hydrogens (tertiary/aromatic N) is 1. The van der Waals surface area contributed by atoms with Crippen LogP contribution in [0.3, 0.4) is 0 Å². The molecule has 2 N–H and O–H groups in total. The molecule has 0 aliphatic carbocycles. The van der Waals surface area contributed by atoms with Gasteiger partial charge in [-0.3, -0.25) is 0 Å². The number of methoxy groups -OCH3 is 1. The number of thiocarbonyl (C=S) groups is 1. The van der Waals surface area contributed by atoms with Crippen LogP contribution in [0.1, 0.15) is 51.9 Å². The van der Waals surface area contributed by atoms with E-state index in [2.05, 4.69) is 11.8 Å². The lowest BCUT2D eigenvalue weighted by Gasteiger charge is -2.21. The van der Waals surface area contributed by atoms with E-state index in [4.69, 9.17) is 22.7 Å². The molecular formula is C14H30N2OS. The molecule has 0 radical (unpaired) electrons. The Morgan fingerprint density at radius 1 is 1.06 bits per heavy atom. The van der Waals surface area contributed by atoms with Gasteiger partial charge in [0, 0.05) is 26.6 Å². The first kappa shape index (κ1) is 17.8. The van der Waals surface area contributed by atoms with Gasteiger partial charge in [-0.05, 0) is 13.0 Å². The standard InChI is InChI=1S/C14H30N2OS/c1-3-4-5-6-7-8-10-16(12-13-17-2)11-9-14(15)18/h3-13H2,1-2H3,(H2,15,18). The van der Waals surface area contributed by atoms with Gasteiger partial charge in [0.2, 0.25) is 0 Å². The van der Waals surface area contributed by atoms with Crippen molar-refractivity contribution in [2.45, 2.75) is 51.9 Å². The molecule has 0 bridgehead atoms. The number of nitrogens with two attached hydrogens (primary N) is 1. The summed E-state index contributed by atoms with van der Waals surface area (Å²) in [6.45, 7) is 6.12. The van der Waals surface area contributed by atoms with Crippen LogP contribution >= 0.6 is 12.2 Å². The van der Waals surface area contributed by atoms with Crippen LogP contribution in [-0.4, -0.2) is 43.2 Å². The van der Waals surface area contributed by atoms with E-state index in [1.54, 1.807) is 7.11 Å². The normalized spacial score (nSPS) is 11.1. The minimum atomic E-state index is 0.611. The maximum Gasteiger partial charge on any atom is 0.0740 e. The Morgan fingerprint density at radius 3 is 2.33 bits per heavy atom. The Hall–Kier alpha value is -0.190. The second kappa shape index (κ2) is 13.2. The fourth-order valence-electron chi connectivity index (χ4n) is 1.94. The van der Waals surface area contributed by atoms with Crippen molar-refractivity contribution in [2.75, 3.05) is 33.4 Å². The molecule has 0 aliphatic heterocycles. The van der Waals surface area contributed by atoms with Gasteiger partial charge >= 0.3 is 0 Å². The Labute approximate surface area is 118 Å². The molecule has 0 atom stereocenters. The second-order valence-electron chi connectivity index (χ2n) is 4.82. The van der Waals surface area contributed by atoms with Crippen molar-refractivity contribution in [3.8, 4) is 0 Å². The fraction of sp³-hybridized carbons (Fsp3) is 0.929. The van der Waals surface area contributed by atoms with Crippen molar-refractivity contribution < 1.29 is 4.74 Å². The van der Waals surface area contributed by atoms with E-state index in [0.29, 0.717) is 4.99 Å². The van der Waals surface area contributed by atoms with E-state index in [9.17, 15) is 0 Å². The molecule has 3 nitrogen and oxygen atoms in total. The summed E-state index contributed by atoms with van der Waals surface area (Å²) in [7, 11) is 1.75. The van der Waals surface area contributed by atoms with E-state index < -0.39 is 0 Å². The van der Waals surface area contributed by atoms with Crippen molar-refractivity contribution in [3.63, 3.8) is 0 Å². The van der Waals surface area contributed by atoms with Gasteiger partial charge in [0.25, 0.3) is 0 Å². The minimum absolute atomic E-state index is 0.611. The van der Waals surface area contributed by atoms with Gasteiger partial charge in [-0.15, -0.1) is 0 Å². The van der Waals surface area contributed by atoms with E-state index in [0.717, 1.165) is 32.7 Å². The predicted molar refractivity (Wildman–Crippen MR) is 83.1 cm³/mol. The van der Waals surface area contributed by atoms with Gasteiger partial charge in [-0.1, -0.05) is 51.2 Å². The highest BCUT2D eigenvalue weighted by atomic mass is 32.1. The molecule has 0 saturated carbocycles. The first-order chi connectivity index (χ1) is 8.70. The topological polar surface area (TPSA) is 38.5 Å². The summed E-state index contributed by atoms with van der Waals surface area (Å²) in [6, 6.07) is 0. The maximum absolute atomic E-state index is 5.55. The van der Waals surface area contributed by atoms with E-state index >= 15 is 0 Å². The summed E-state index contributed by atoms with van der Waals surface area (Å²) >= 11 is 4.93. The van der Waals surface area contributed by atoms with Crippen LogP contribution < -0.4 is 5.73 Å². The fourth-order valence-corrected chi connectivity index (χ4v) is 2.03. The average Bonchev–Trinajstić information content (AvgIpc) is 2.35. The van der Waals surface area contributed by atoms with Gasteiger partial charge < -0.3 is 15.4 Å². The number of hydrogen-bond donors (Lipinski definition) is 1. The Balaban J connectivity index is 3.61. The molecule has 0 rings (SSSR count).